The van der Waals surface area contributed by atoms with E-state index in [0.29, 0.717) is 0 Å². The van der Waals surface area contributed by atoms with Crippen molar-refractivity contribution in [2.45, 2.75) is 18.9 Å². The molecule has 0 saturated carbocycles. The van der Waals surface area contributed by atoms with E-state index >= 15 is 0 Å². The standard InChI is InChI=1S/C15H16N/c1-15(16,14-10-6-3-7-11-14)12-13-8-4-2-5-9-13/h2,4-11H,12,16H2,1H3. The van der Waals surface area contributed by atoms with Crippen molar-refractivity contribution >= 4 is 0 Å². The molecule has 81 valence electrons. The molecule has 0 fully saturated rings. The van der Waals surface area contributed by atoms with E-state index < -0.39 is 0 Å². The van der Waals surface area contributed by atoms with Crippen molar-refractivity contribution in [2.75, 3.05) is 0 Å². The molecule has 1 nitrogen and oxygen atoms in total. The summed E-state index contributed by atoms with van der Waals surface area (Å²) in [6.07, 6.45) is 0.845. The Labute approximate surface area is 96.9 Å². The van der Waals surface area contributed by atoms with Crippen molar-refractivity contribution in [2.24, 2.45) is 5.73 Å². The first-order valence-electron chi connectivity index (χ1n) is 5.48. The normalized spacial score (nSPS) is 14.4. The molecule has 0 saturated heterocycles. The van der Waals surface area contributed by atoms with Crippen LogP contribution in [0.5, 0.6) is 0 Å². The molecule has 1 unspecified atom stereocenters. The van der Waals surface area contributed by atoms with Gasteiger partial charge in [0.2, 0.25) is 0 Å². The van der Waals surface area contributed by atoms with Crippen LogP contribution < -0.4 is 5.73 Å². The molecule has 0 spiro atoms. The van der Waals surface area contributed by atoms with Gasteiger partial charge in [-0.25, -0.2) is 0 Å². The molecule has 2 rings (SSSR count). The Balaban J connectivity index is 2.21. The van der Waals surface area contributed by atoms with E-state index in [1.807, 2.05) is 42.5 Å². The lowest BCUT2D eigenvalue weighted by molar-refractivity contribution is 0.491. The molecule has 2 aromatic rings. The first-order chi connectivity index (χ1) is 7.68. The second-order valence-electron chi connectivity index (χ2n) is 4.37. The maximum Gasteiger partial charge on any atom is 0.0421 e. The van der Waals surface area contributed by atoms with Gasteiger partial charge < -0.3 is 5.73 Å². The third-order valence-corrected chi connectivity index (χ3v) is 2.79. The number of hydrogen-bond donors (Lipinski definition) is 1. The van der Waals surface area contributed by atoms with E-state index in [4.69, 9.17) is 5.73 Å². The molecule has 0 aromatic heterocycles. The highest BCUT2D eigenvalue weighted by Crippen LogP contribution is 2.22. The molecule has 16 heavy (non-hydrogen) atoms. The summed E-state index contributed by atoms with van der Waals surface area (Å²) < 4.78 is 0. The van der Waals surface area contributed by atoms with Gasteiger partial charge in [-0.3, -0.25) is 0 Å². The van der Waals surface area contributed by atoms with E-state index in [9.17, 15) is 0 Å². The highest BCUT2D eigenvalue weighted by Gasteiger charge is 2.20. The van der Waals surface area contributed by atoms with Gasteiger partial charge in [0.1, 0.15) is 0 Å². The molecule has 1 atom stereocenters. The van der Waals surface area contributed by atoms with Gasteiger partial charge in [0.05, 0.1) is 0 Å². The second-order valence-corrected chi connectivity index (χ2v) is 4.37. The predicted molar refractivity (Wildman–Crippen MR) is 67.0 cm³/mol. The van der Waals surface area contributed by atoms with Crippen LogP contribution in [0, 0.1) is 6.07 Å². The Morgan fingerprint density at radius 3 is 2.31 bits per heavy atom. The molecule has 2 aromatic carbocycles. The summed E-state index contributed by atoms with van der Waals surface area (Å²) >= 11 is 0. The summed E-state index contributed by atoms with van der Waals surface area (Å²) in [5.74, 6) is 0. The fourth-order valence-corrected chi connectivity index (χ4v) is 1.89. The van der Waals surface area contributed by atoms with Crippen molar-refractivity contribution in [3.63, 3.8) is 0 Å². The molecular formula is C15H16N. The fourth-order valence-electron chi connectivity index (χ4n) is 1.89. The summed E-state index contributed by atoms with van der Waals surface area (Å²) in [4.78, 5) is 0. The zero-order chi connectivity index (χ0) is 11.4. The third kappa shape index (κ3) is 2.50. The minimum atomic E-state index is -0.323. The molecule has 0 heterocycles. The van der Waals surface area contributed by atoms with Crippen molar-refractivity contribution in [3.05, 3.63) is 71.8 Å². The predicted octanol–water partition coefficient (Wildman–Crippen LogP) is 2.90. The van der Waals surface area contributed by atoms with Crippen molar-refractivity contribution in [3.8, 4) is 0 Å². The first-order valence-corrected chi connectivity index (χ1v) is 5.48. The van der Waals surface area contributed by atoms with Gasteiger partial charge in [0.15, 0.2) is 0 Å². The highest BCUT2D eigenvalue weighted by atomic mass is 14.7. The first kappa shape index (κ1) is 10.9. The fraction of sp³-hybridized carbons (Fsp3) is 0.200. The quantitative estimate of drug-likeness (QED) is 0.828. The summed E-state index contributed by atoms with van der Waals surface area (Å²) in [6, 6.07) is 21.2. The van der Waals surface area contributed by atoms with E-state index in [1.165, 1.54) is 5.56 Å². The molecule has 1 heteroatoms. The number of nitrogens with two attached hydrogens (primary N) is 1. The van der Waals surface area contributed by atoms with Crippen molar-refractivity contribution in [1.82, 2.24) is 0 Å². The zero-order valence-electron chi connectivity index (χ0n) is 9.48. The Hall–Kier alpha value is -1.60. The van der Waals surface area contributed by atoms with Gasteiger partial charge in [-0.05, 0) is 30.5 Å². The smallest absolute Gasteiger partial charge is 0.0421 e. The monoisotopic (exact) mass is 210 g/mol. The van der Waals surface area contributed by atoms with Crippen LogP contribution in [0.3, 0.4) is 0 Å². The Morgan fingerprint density at radius 2 is 1.69 bits per heavy atom. The number of rotatable bonds is 3. The molecule has 0 aliphatic carbocycles. The molecule has 0 aliphatic rings. The molecule has 0 aliphatic heterocycles. The van der Waals surface area contributed by atoms with E-state index in [2.05, 4.69) is 25.1 Å². The van der Waals surface area contributed by atoms with Crippen LogP contribution in [0.1, 0.15) is 18.1 Å². The Bertz CT molecular complexity index is 432. The van der Waals surface area contributed by atoms with Gasteiger partial charge in [0, 0.05) is 5.54 Å². The maximum absolute atomic E-state index is 6.36. The van der Waals surface area contributed by atoms with Crippen LogP contribution >= 0.6 is 0 Å². The zero-order valence-corrected chi connectivity index (χ0v) is 9.48. The Kier molecular flexibility index (Phi) is 3.07. The van der Waals surface area contributed by atoms with Crippen LogP contribution in [0.25, 0.3) is 0 Å². The average Bonchev–Trinajstić information content (AvgIpc) is 2.31. The molecule has 1 radical (unpaired) electrons. The lowest BCUT2D eigenvalue weighted by Gasteiger charge is -2.25. The average molecular weight is 210 g/mol. The second kappa shape index (κ2) is 4.50. The largest absolute Gasteiger partial charge is 0.321 e. The summed E-state index contributed by atoms with van der Waals surface area (Å²) in [5.41, 5.74) is 8.45. The van der Waals surface area contributed by atoms with Crippen LogP contribution in [0.2, 0.25) is 0 Å². The van der Waals surface area contributed by atoms with Crippen LogP contribution in [0.4, 0.5) is 0 Å². The van der Waals surface area contributed by atoms with E-state index in [0.717, 1.165) is 12.0 Å². The third-order valence-electron chi connectivity index (χ3n) is 2.79. The summed E-state index contributed by atoms with van der Waals surface area (Å²) in [5, 5.41) is 0. The minimum absolute atomic E-state index is 0.323. The molecular weight excluding hydrogens is 194 g/mol. The topological polar surface area (TPSA) is 26.0 Å². The lowest BCUT2D eigenvalue weighted by atomic mass is 9.87. The minimum Gasteiger partial charge on any atom is -0.321 e. The molecule has 2 N–H and O–H groups in total. The lowest BCUT2D eigenvalue weighted by Crippen LogP contribution is -2.35. The van der Waals surface area contributed by atoms with Crippen LogP contribution in [-0.4, -0.2) is 0 Å². The van der Waals surface area contributed by atoms with Gasteiger partial charge in [0.25, 0.3) is 0 Å². The van der Waals surface area contributed by atoms with Crippen molar-refractivity contribution in [1.29, 1.82) is 0 Å². The maximum atomic E-state index is 6.36. The van der Waals surface area contributed by atoms with Crippen molar-refractivity contribution < 1.29 is 0 Å². The van der Waals surface area contributed by atoms with E-state index in [-0.39, 0.29) is 5.54 Å². The molecule has 0 bridgehead atoms. The highest BCUT2D eigenvalue weighted by molar-refractivity contribution is 5.27. The summed E-state index contributed by atoms with van der Waals surface area (Å²) in [6.45, 7) is 2.06. The number of hydrogen-bond acceptors (Lipinski definition) is 1. The summed E-state index contributed by atoms with van der Waals surface area (Å²) in [7, 11) is 0. The van der Waals surface area contributed by atoms with E-state index in [1.54, 1.807) is 0 Å². The number of benzene rings is 2. The van der Waals surface area contributed by atoms with Gasteiger partial charge in [-0.1, -0.05) is 54.6 Å². The molecule has 0 amide bonds. The van der Waals surface area contributed by atoms with Gasteiger partial charge in [-0.2, -0.15) is 0 Å². The Morgan fingerprint density at radius 1 is 1.06 bits per heavy atom. The van der Waals surface area contributed by atoms with Crippen LogP contribution in [-0.2, 0) is 12.0 Å². The van der Waals surface area contributed by atoms with Gasteiger partial charge in [-0.15, -0.1) is 0 Å². The SMILES string of the molecule is CC(N)(Cc1ccccc1)c1cc[c]cc1. The van der Waals surface area contributed by atoms with Crippen LogP contribution in [0.15, 0.2) is 54.6 Å². The van der Waals surface area contributed by atoms with Gasteiger partial charge >= 0.3 is 0 Å².